The van der Waals surface area contributed by atoms with E-state index in [1.165, 1.54) is 104 Å². The van der Waals surface area contributed by atoms with Gasteiger partial charge in [0.15, 0.2) is 0 Å². The highest BCUT2D eigenvalue weighted by Gasteiger charge is 2.29. The van der Waals surface area contributed by atoms with Gasteiger partial charge in [0.1, 0.15) is 11.2 Å². The summed E-state index contributed by atoms with van der Waals surface area (Å²) in [6.45, 7) is 4.62. The minimum Gasteiger partial charge on any atom is -0.456 e. The first kappa shape index (κ1) is 59.0. The van der Waals surface area contributed by atoms with Crippen LogP contribution in [0.25, 0.3) is 170 Å². The molecule has 0 aliphatic rings. The van der Waals surface area contributed by atoms with Crippen LogP contribution in [-0.4, -0.2) is 13.5 Å². The maximum Gasteiger partial charge on any atom is 0.137 e. The lowest BCUT2D eigenvalue weighted by molar-refractivity contribution is 0.669. The second-order valence-corrected chi connectivity index (χ2v) is 28.5. The van der Waals surface area contributed by atoms with Gasteiger partial charge in [0.05, 0.1) is 55.7 Å². The summed E-state index contributed by atoms with van der Waals surface area (Å²) in [6.07, 6.45) is 0. The third-order valence-corrected chi connectivity index (χ3v) is 22.4. The van der Waals surface area contributed by atoms with Gasteiger partial charge in [0.25, 0.3) is 0 Å². The number of aromatic nitrogens is 3. The molecule has 0 saturated heterocycles. The maximum absolute atomic E-state index is 7.20. The highest BCUT2D eigenvalue weighted by molar-refractivity contribution is 6.31. The number of furan rings is 1. The fourth-order valence-corrected chi connectivity index (χ4v) is 17.6. The summed E-state index contributed by atoms with van der Waals surface area (Å²) >= 11 is 0. The molecule has 105 heavy (non-hydrogen) atoms. The van der Waals surface area contributed by atoms with Crippen LogP contribution in [0.15, 0.2) is 356 Å². The molecule has 0 amide bonds. The Balaban J connectivity index is 0.755. The molecule has 0 fully saturated rings. The second kappa shape index (κ2) is 22.9. The zero-order chi connectivity index (χ0) is 69.1. The number of anilines is 6. The normalized spacial score (nSPS) is 12.2. The first-order valence-electron chi connectivity index (χ1n) is 36.4. The van der Waals surface area contributed by atoms with Crippen molar-refractivity contribution in [3.63, 3.8) is 0 Å². The molecule has 6 heteroatoms. The minimum atomic E-state index is 0.315. The average molecular weight is 1340 g/mol. The molecule has 0 bridgehead atoms. The van der Waals surface area contributed by atoms with E-state index in [9.17, 15) is 0 Å². The van der Waals surface area contributed by atoms with E-state index < -0.39 is 0 Å². The smallest absolute Gasteiger partial charge is 0.137 e. The van der Waals surface area contributed by atoms with Crippen LogP contribution in [0.3, 0.4) is 0 Å². The van der Waals surface area contributed by atoms with E-state index in [0.717, 1.165) is 106 Å². The highest BCUT2D eigenvalue weighted by atomic mass is 16.3. The molecule has 6 nitrogen and oxygen atoms in total. The van der Waals surface area contributed by atoms with Crippen LogP contribution in [0.2, 0.25) is 0 Å². The molecule has 5 aromatic heterocycles. The Labute approximate surface area is 604 Å². The maximum atomic E-state index is 7.20. The van der Waals surface area contributed by atoms with Gasteiger partial charge in [0, 0.05) is 88.4 Å². The van der Waals surface area contributed by atoms with Gasteiger partial charge in [-0.3, -0.25) is 0 Å². The van der Waals surface area contributed by atoms with Crippen molar-refractivity contribution in [2.75, 3.05) is 9.80 Å². The Bertz CT molecular complexity index is 7310. The summed E-state index contributed by atoms with van der Waals surface area (Å²) in [7, 11) is 0. The van der Waals surface area contributed by atoms with E-state index >= 15 is 0 Å². The Kier molecular flexibility index (Phi) is 12.9. The fraction of sp³-hybridized carbons (Fsp3) is 0.0303. The largest absolute Gasteiger partial charge is 0.456 e. The third-order valence-electron chi connectivity index (χ3n) is 22.4. The van der Waals surface area contributed by atoms with Gasteiger partial charge in [-0.05, 0) is 212 Å². The van der Waals surface area contributed by atoms with Gasteiger partial charge in [0.2, 0.25) is 0 Å². The van der Waals surface area contributed by atoms with Crippen molar-refractivity contribution in [2.45, 2.75) is 19.8 Å². The monoisotopic (exact) mass is 1340 g/mol. The van der Waals surface area contributed by atoms with Gasteiger partial charge < -0.3 is 27.8 Å². The van der Waals surface area contributed by atoms with Crippen LogP contribution in [-0.2, 0) is 0 Å². The highest BCUT2D eigenvalue weighted by Crippen LogP contribution is 2.53. The number of hydrogen-bond acceptors (Lipinski definition) is 3. The molecule has 0 atom stereocenters. The van der Waals surface area contributed by atoms with Crippen molar-refractivity contribution in [1.82, 2.24) is 13.5 Å². The third kappa shape index (κ3) is 8.97. The lowest BCUT2D eigenvalue weighted by atomic mass is 9.97. The lowest BCUT2D eigenvalue weighted by Crippen LogP contribution is -2.11. The summed E-state index contributed by atoms with van der Waals surface area (Å²) in [4.78, 5) is 5.01. The van der Waals surface area contributed by atoms with E-state index in [2.05, 4.69) is 389 Å². The predicted octanol–water partition coefficient (Wildman–Crippen LogP) is 27.8. The van der Waals surface area contributed by atoms with E-state index in [1.54, 1.807) is 0 Å². The summed E-state index contributed by atoms with van der Waals surface area (Å²) in [5, 5.41) is 18.8. The molecule has 17 aromatic carbocycles. The molecule has 0 spiro atoms. The standard InChI is InChI=1S/C99H65N5O/c1-61(2)64-43-50-86-83(57-64)98-91(103(75-46-42-68-54-66(38-40-70(68)56-75)63-23-9-4-10-24-63)90-36-20-35-89-97(90)79-30-16-18-32-85(79)102(89)73-27-13-6-14-28-73)51-49-77-82-60-81-71(58-92(82)104(86)99(77)98)44-52-93-95(81)80-48-47-76(59-94(80)105-93)100(74-45-41-67-53-65(37-39-69(67)55-74)62-21-7-3-8-22-62)87-33-19-34-88-96(87)78-29-15-17-31-84(78)101(88)72-25-11-5-12-26-72/h3-61H,1-2H3. The second-order valence-electron chi connectivity index (χ2n) is 28.5. The molecule has 0 unspecified atom stereocenters. The number of rotatable bonds is 11. The van der Waals surface area contributed by atoms with Crippen LogP contribution in [0.1, 0.15) is 25.3 Å². The van der Waals surface area contributed by atoms with Gasteiger partial charge in [-0.1, -0.05) is 214 Å². The van der Waals surface area contributed by atoms with Crippen molar-refractivity contribution in [1.29, 1.82) is 0 Å². The Morgan fingerprint density at radius 1 is 0.257 bits per heavy atom. The van der Waals surface area contributed by atoms with Gasteiger partial charge in [-0.15, -0.1) is 0 Å². The van der Waals surface area contributed by atoms with Crippen LogP contribution < -0.4 is 9.80 Å². The Morgan fingerprint density at radius 2 is 0.752 bits per heavy atom. The van der Waals surface area contributed by atoms with Crippen molar-refractivity contribution in [3.8, 4) is 33.6 Å². The molecule has 492 valence electrons. The number of hydrogen-bond donors (Lipinski definition) is 0. The summed E-state index contributed by atoms with van der Waals surface area (Å²) in [5.41, 5.74) is 24.6. The molecule has 5 heterocycles. The molecule has 22 rings (SSSR count). The summed E-state index contributed by atoms with van der Waals surface area (Å²) in [5.74, 6) is 0.315. The SMILES string of the molecule is CC(C)c1ccc2c(c1)c1c(N(c3ccc4cc(-c5ccccc5)ccc4c3)c3cccc4c3c3ccccc3n4-c3ccccc3)ccc3c4cc5c(ccc6oc7cc(N(c8ccc9cc(-c%10ccccc%10)ccc9c8)c8cccc9c8c8ccccc8n9-c8ccccc8)ccc7c65)cc4n2c31. The lowest BCUT2D eigenvalue weighted by Gasteiger charge is -2.28. The molecule has 0 saturated carbocycles. The molecule has 22 aromatic rings. The van der Waals surface area contributed by atoms with Gasteiger partial charge in [-0.25, -0.2) is 0 Å². The fourth-order valence-electron chi connectivity index (χ4n) is 17.6. The summed E-state index contributed by atoms with van der Waals surface area (Å²) in [6, 6.07) is 130. The van der Waals surface area contributed by atoms with Crippen LogP contribution in [0, 0.1) is 0 Å². The first-order chi connectivity index (χ1) is 51.9. The predicted molar refractivity (Wildman–Crippen MR) is 444 cm³/mol. The zero-order valence-electron chi connectivity index (χ0n) is 57.7. The van der Waals surface area contributed by atoms with Crippen LogP contribution >= 0.6 is 0 Å². The van der Waals surface area contributed by atoms with E-state index in [1.807, 2.05) is 0 Å². The summed E-state index contributed by atoms with van der Waals surface area (Å²) < 4.78 is 14.6. The molecular weight excluding hydrogens is 1280 g/mol. The van der Waals surface area contributed by atoms with Crippen molar-refractivity contribution >= 4 is 170 Å². The van der Waals surface area contributed by atoms with E-state index in [-0.39, 0.29) is 0 Å². The van der Waals surface area contributed by atoms with Crippen molar-refractivity contribution in [3.05, 3.63) is 357 Å². The van der Waals surface area contributed by atoms with Crippen LogP contribution in [0.5, 0.6) is 0 Å². The average Bonchev–Trinajstić information content (AvgIpc) is 1.53. The topological polar surface area (TPSA) is 33.9 Å². The number of benzene rings is 17. The van der Waals surface area contributed by atoms with Gasteiger partial charge >= 0.3 is 0 Å². The molecular formula is C99H65N5O. The van der Waals surface area contributed by atoms with E-state index in [4.69, 9.17) is 4.42 Å². The zero-order valence-corrected chi connectivity index (χ0v) is 57.7. The Morgan fingerprint density at radius 3 is 1.36 bits per heavy atom. The van der Waals surface area contributed by atoms with Crippen LogP contribution in [0.4, 0.5) is 34.1 Å². The number of nitrogens with zero attached hydrogens (tertiary/aromatic N) is 5. The van der Waals surface area contributed by atoms with Crippen molar-refractivity contribution < 1.29 is 4.42 Å². The minimum absolute atomic E-state index is 0.315. The van der Waals surface area contributed by atoms with Gasteiger partial charge in [-0.2, -0.15) is 0 Å². The first-order valence-corrected chi connectivity index (χ1v) is 36.4. The molecule has 0 N–H and O–H groups in total. The quantitative estimate of drug-likeness (QED) is 0.129. The van der Waals surface area contributed by atoms with Crippen molar-refractivity contribution in [2.24, 2.45) is 0 Å². The number of fused-ring (bicyclic) bond motifs is 19. The Hall–Kier alpha value is -13.7. The molecule has 0 aliphatic carbocycles. The van der Waals surface area contributed by atoms with E-state index in [0.29, 0.717) is 5.92 Å². The molecule has 0 aliphatic heterocycles. The molecule has 0 radical (unpaired) electrons. The number of para-hydroxylation sites is 4.